The smallest absolute Gasteiger partial charge is 0.324 e. The molecule has 0 amide bonds. The lowest BCUT2D eigenvalue weighted by Crippen LogP contribution is -2.39. The first kappa shape index (κ1) is 27.5. The average molecular weight is 370 g/mol. The second-order valence-electron chi connectivity index (χ2n) is 4.56. The Labute approximate surface area is 143 Å². The summed E-state index contributed by atoms with van der Waals surface area (Å²) >= 11 is 0. The Bertz CT molecular complexity index is 429. The summed E-state index contributed by atoms with van der Waals surface area (Å²) in [4.78, 5) is 39.8. The molecular formula is C12H26N4O9. The van der Waals surface area contributed by atoms with Crippen LogP contribution in [-0.2, 0) is 23.9 Å². The summed E-state index contributed by atoms with van der Waals surface area (Å²) in [6, 6.07) is -3.06. The Hall–Kier alpha value is -2.32. The molecule has 0 aliphatic heterocycles. The third kappa shape index (κ3) is 19.6. The van der Waals surface area contributed by atoms with Gasteiger partial charge in [0.2, 0.25) is 0 Å². The molecule has 0 bridgehead atoms. The van der Waals surface area contributed by atoms with E-state index in [0.717, 1.165) is 0 Å². The number of carboxylic acid groups (broad SMARTS) is 3. The fourth-order valence-corrected chi connectivity index (χ4v) is 0.519. The van der Waals surface area contributed by atoms with Crippen molar-refractivity contribution in [3.63, 3.8) is 0 Å². The fourth-order valence-electron chi connectivity index (χ4n) is 0.519. The van der Waals surface area contributed by atoms with Gasteiger partial charge in [-0.15, -0.1) is 0 Å². The first-order valence-electron chi connectivity index (χ1n) is 6.76. The highest BCUT2D eigenvalue weighted by Crippen LogP contribution is 1.86. The first-order chi connectivity index (χ1) is 11.3. The van der Waals surface area contributed by atoms with Crippen molar-refractivity contribution >= 4 is 23.9 Å². The standard InChI is InChI=1S/C5H10N2O4.C4H9NO3.C3H7NO2/c6-1-4(8)11-2-3(7)5(9)10;1-2(6)3(5)4(7)8;1-2(4)3(5)6/h3H,1-2,6-7H2,(H,9,10);2-3,6H,5H2,1H3,(H,7,8);2H,4H2,1H3,(H,5,6)/t3-;2-,3+;2-/m010/s1. The predicted molar refractivity (Wildman–Crippen MR) is 84.2 cm³/mol. The molecule has 0 aromatic rings. The molecule has 25 heavy (non-hydrogen) atoms. The van der Waals surface area contributed by atoms with Gasteiger partial charge >= 0.3 is 23.9 Å². The van der Waals surface area contributed by atoms with Crippen molar-refractivity contribution in [2.45, 2.75) is 38.1 Å². The van der Waals surface area contributed by atoms with E-state index in [1.165, 1.54) is 13.8 Å². The molecule has 0 aromatic carbocycles. The molecule has 13 nitrogen and oxygen atoms in total. The van der Waals surface area contributed by atoms with Crippen LogP contribution in [0.2, 0.25) is 0 Å². The Kier molecular flexibility index (Phi) is 16.8. The number of rotatable bonds is 7. The molecule has 0 spiro atoms. The summed E-state index contributed by atoms with van der Waals surface area (Å²) in [6.45, 7) is 2.14. The van der Waals surface area contributed by atoms with E-state index in [-0.39, 0.29) is 13.2 Å². The fraction of sp³-hybridized carbons (Fsp3) is 0.667. The molecule has 0 saturated carbocycles. The summed E-state index contributed by atoms with van der Waals surface area (Å²) in [7, 11) is 0. The number of carboxylic acids is 3. The second-order valence-corrected chi connectivity index (χ2v) is 4.56. The lowest BCUT2D eigenvalue weighted by molar-refractivity contribution is -0.147. The molecule has 0 fully saturated rings. The molecule has 0 aliphatic carbocycles. The van der Waals surface area contributed by atoms with E-state index >= 15 is 0 Å². The van der Waals surface area contributed by atoms with Crippen LogP contribution < -0.4 is 22.9 Å². The lowest BCUT2D eigenvalue weighted by Gasteiger charge is -2.06. The number of aliphatic hydroxyl groups excluding tert-OH is 1. The van der Waals surface area contributed by atoms with Crippen molar-refractivity contribution in [2.24, 2.45) is 22.9 Å². The van der Waals surface area contributed by atoms with E-state index in [9.17, 15) is 19.2 Å². The second kappa shape index (κ2) is 15.2. The molecule has 0 radical (unpaired) electrons. The van der Waals surface area contributed by atoms with Gasteiger partial charge in [0.1, 0.15) is 24.7 Å². The predicted octanol–water partition coefficient (Wildman–Crippen LogP) is -3.90. The number of aliphatic carboxylic acids is 3. The van der Waals surface area contributed by atoms with Gasteiger partial charge in [0.25, 0.3) is 0 Å². The van der Waals surface area contributed by atoms with Crippen molar-refractivity contribution in [1.82, 2.24) is 0 Å². The van der Waals surface area contributed by atoms with Gasteiger partial charge in [-0.3, -0.25) is 19.2 Å². The molecule has 12 N–H and O–H groups in total. The molecule has 0 rings (SSSR count). The van der Waals surface area contributed by atoms with Crippen LogP contribution in [-0.4, -0.2) is 81.7 Å². The van der Waals surface area contributed by atoms with Crippen LogP contribution in [0.15, 0.2) is 0 Å². The van der Waals surface area contributed by atoms with Crippen LogP contribution in [0.3, 0.4) is 0 Å². The van der Waals surface area contributed by atoms with Crippen molar-refractivity contribution < 1.29 is 44.3 Å². The van der Waals surface area contributed by atoms with Gasteiger partial charge in [-0.1, -0.05) is 0 Å². The van der Waals surface area contributed by atoms with E-state index < -0.39 is 48.1 Å². The number of carbonyl (C=O) groups is 4. The van der Waals surface area contributed by atoms with Crippen LogP contribution in [0.4, 0.5) is 0 Å². The molecule has 0 aromatic heterocycles. The van der Waals surface area contributed by atoms with Crippen molar-refractivity contribution in [3.8, 4) is 0 Å². The molecule has 0 heterocycles. The quantitative estimate of drug-likeness (QED) is 0.199. The van der Waals surface area contributed by atoms with Crippen molar-refractivity contribution in [1.29, 1.82) is 0 Å². The highest BCUT2D eigenvalue weighted by molar-refractivity contribution is 5.75. The van der Waals surface area contributed by atoms with Gasteiger partial charge < -0.3 is 48.1 Å². The lowest BCUT2D eigenvalue weighted by atomic mass is 10.2. The first-order valence-corrected chi connectivity index (χ1v) is 6.76. The minimum atomic E-state index is -1.21. The van der Waals surface area contributed by atoms with Crippen LogP contribution in [0.5, 0.6) is 0 Å². The van der Waals surface area contributed by atoms with Crippen LogP contribution in [0, 0.1) is 0 Å². The van der Waals surface area contributed by atoms with Gasteiger partial charge in [-0.05, 0) is 13.8 Å². The van der Waals surface area contributed by atoms with E-state index in [2.05, 4.69) is 4.74 Å². The van der Waals surface area contributed by atoms with Crippen LogP contribution in [0.1, 0.15) is 13.8 Å². The third-order valence-electron chi connectivity index (χ3n) is 2.10. The van der Waals surface area contributed by atoms with E-state index in [1.807, 2.05) is 0 Å². The number of ether oxygens (including phenoxy) is 1. The third-order valence-corrected chi connectivity index (χ3v) is 2.10. The Morgan fingerprint density at radius 1 is 0.920 bits per heavy atom. The molecule has 0 unspecified atom stereocenters. The average Bonchev–Trinajstić information content (AvgIpc) is 2.51. The molecule has 4 atom stereocenters. The SMILES string of the molecule is C[C@@H](O)[C@H](N)C(=O)O.C[C@H](N)C(=O)O.NCC(=O)OC[C@H](N)C(=O)O. The largest absolute Gasteiger partial charge is 0.480 e. The molecule has 0 aliphatic rings. The number of nitrogens with two attached hydrogens (primary N) is 4. The Morgan fingerprint density at radius 3 is 1.48 bits per heavy atom. The monoisotopic (exact) mass is 370 g/mol. The molecule has 13 heteroatoms. The zero-order valence-electron chi connectivity index (χ0n) is 13.9. The minimum absolute atomic E-state index is 0.271. The van der Waals surface area contributed by atoms with Gasteiger partial charge in [0.15, 0.2) is 0 Å². The van der Waals surface area contributed by atoms with Crippen LogP contribution in [0.25, 0.3) is 0 Å². The summed E-state index contributed by atoms with van der Waals surface area (Å²) in [5.41, 5.74) is 19.6. The van der Waals surface area contributed by atoms with E-state index in [4.69, 9.17) is 43.4 Å². The number of hydrogen-bond acceptors (Lipinski definition) is 10. The maximum absolute atomic E-state index is 10.3. The summed E-state index contributed by atoms with van der Waals surface area (Å²) in [5.74, 6) is -4.02. The van der Waals surface area contributed by atoms with E-state index in [1.54, 1.807) is 0 Å². The summed E-state index contributed by atoms with van der Waals surface area (Å²) in [6.07, 6.45) is -0.979. The summed E-state index contributed by atoms with van der Waals surface area (Å²) in [5, 5.41) is 32.6. The highest BCUT2D eigenvalue weighted by atomic mass is 16.5. The van der Waals surface area contributed by atoms with Gasteiger partial charge in [-0.25, -0.2) is 0 Å². The number of esters is 1. The molecule has 0 saturated heterocycles. The molecular weight excluding hydrogens is 344 g/mol. The van der Waals surface area contributed by atoms with Crippen molar-refractivity contribution in [3.05, 3.63) is 0 Å². The number of carbonyl (C=O) groups excluding carboxylic acids is 1. The van der Waals surface area contributed by atoms with Gasteiger partial charge in [0.05, 0.1) is 12.6 Å². The zero-order valence-corrected chi connectivity index (χ0v) is 13.9. The van der Waals surface area contributed by atoms with Crippen molar-refractivity contribution in [2.75, 3.05) is 13.2 Å². The molecule has 148 valence electrons. The Balaban J connectivity index is -0.000000306. The summed E-state index contributed by atoms with van der Waals surface area (Å²) < 4.78 is 4.34. The van der Waals surface area contributed by atoms with Gasteiger partial charge in [0, 0.05) is 0 Å². The van der Waals surface area contributed by atoms with E-state index in [0.29, 0.717) is 0 Å². The number of aliphatic hydroxyl groups is 1. The Morgan fingerprint density at radius 2 is 1.32 bits per heavy atom. The minimum Gasteiger partial charge on any atom is -0.480 e. The highest BCUT2D eigenvalue weighted by Gasteiger charge is 2.16. The number of hydrogen-bond donors (Lipinski definition) is 8. The van der Waals surface area contributed by atoms with Gasteiger partial charge in [-0.2, -0.15) is 0 Å². The topological polar surface area (TPSA) is 263 Å². The zero-order chi connectivity index (χ0) is 20.7. The maximum atomic E-state index is 10.3. The van der Waals surface area contributed by atoms with Crippen LogP contribution >= 0.6 is 0 Å². The normalized spacial score (nSPS) is 14.2. The maximum Gasteiger partial charge on any atom is 0.324 e.